The molecule has 0 aliphatic heterocycles. The third-order valence-electron chi connectivity index (χ3n) is 12.1. The molecule has 0 radical (unpaired) electrons. The number of fused-ring (bicyclic) bond motifs is 1. The van der Waals surface area contributed by atoms with Crippen molar-refractivity contribution >= 4 is 11.0 Å². The first-order valence-corrected chi connectivity index (χ1v) is 21.7. The van der Waals surface area contributed by atoms with Gasteiger partial charge in [0.05, 0.1) is 22.3 Å². The van der Waals surface area contributed by atoms with E-state index in [-0.39, 0.29) is 48.8 Å². The molecule has 334 valence electrons. The first kappa shape index (κ1) is 33.2. The summed E-state index contributed by atoms with van der Waals surface area (Å²) in [6, 6.07) is 51.1. The summed E-state index contributed by atoms with van der Waals surface area (Å²) in [4.78, 5) is 10.2. The van der Waals surface area contributed by atoms with Gasteiger partial charge in [0.2, 0.25) is 0 Å². The van der Waals surface area contributed by atoms with Crippen molar-refractivity contribution in [2.24, 2.45) is 0 Å². The molecule has 0 bridgehead atoms. The molecule has 0 saturated heterocycles. The largest absolute Gasteiger partial charge is 0.507 e. The number of aromatic nitrogens is 3. The molecule has 2 heterocycles. The van der Waals surface area contributed by atoms with Gasteiger partial charge in [-0.3, -0.25) is 9.55 Å². The molecule has 0 fully saturated rings. The second-order valence-corrected chi connectivity index (χ2v) is 18.8. The van der Waals surface area contributed by atoms with Gasteiger partial charge in [-0.25, -0.2) is 4.98 Å². The van der Waals surface area contributed by atoms with Crippen LogP contribution in [0.2, 0.25) is 0 Å². The van der Waals surface area contributed by atoms with E-state index in [1.807, 2.05) is 102 Å². The van der Waals surface area contributed by atoms with Gasteiger partial charge in [0, 0.05) is 55.0 Å². The van der Waals surface area contributed by atoms with Gasteiger partial charge in [0.25, 0.3) is 0 Å². The molecule has 0 amide bonds. The number of benzene rings is 7. The van der Waals surface area contributed by atoms with Crippen molar-refractivity contribution < 1.29 is 42.6 Å². The number of rotatable bonds is 7. The van der Waals surface area contributed by atoms with E-state index in [0.29, 0.717) is 67.2 Å². The maximum atomic E-state index is 11.6. The van der Waals surface area contributed by atoms with Crippen LogP contribution >= 0.6 is 0 Å². The van der Waals surface area contributed by atoms with E-state index in [1.54, 1.807) is 36.5 Å². The number of hydrogen-bond acceptors (Lipinski definition) is 3. The fourth-order valence-corrected chi connectivity index (χ4v) is 8.37. The summed E-state index contributed by atoms with van der Waals surface area (Å²) in [5.74, 6) is 0.358. The van der Waals surface area contributed by atoms with Crippen molar-refractivity contribution in [3.63, 3.8) is 0 Å². The maximum absolute atomic E-state index is 11.6. The second kappa shape index (κ2) is 17.8. The molecular weight excluding hydrogens is 986 g/mol. The molecule has 1 N–H and O–H groups in total. The Morgan fingerprint density at radius 2 is 1.15 bits per heavy atom. The standard InChI is InChI=1S/C61H58N3O.Pt/c1-39-33-55(52(41-17-12-11-13-18-41)38-51(39)42-25-29-47(30-26-42)60(5,6)7)64-54-21-16-20-49(57(54)63-58(64)50-19-14-15-22-56(50)65)44-34-45(36-48(35-44)61(8,9)10)53-37-43(31-32-62-53)40-23-27-46(28-24-40)59(2,3)4;/h11-33,35-38,65H,1-10H3;/q-1;/i1D3,2D3,3D3,4D3;. The predicted octanol–water partition coefficient (Wildman–Crippen LogP) is 16.1. The van der Waals surface area contributed by atoms with Crippen LogP contribution in [0, 0.1) is 12.9 Å². The van der Waals surface area contributed by atoms with E-state index in [2.05, 4.69) is 53.7 Å². The molecule has 4 nitrogen and oxygen atoms in total. The van der Waals surface area contributed by atoms with Crippen molar-refractivity contribution in [1.29, 1.82) is 0 Å². The van der Waals surface area contributed by atoms with Crippen molar-refractivity contribution in [3.8, 4) is 78.6 Å². The molecule has 7 aromatic carbocycles. The summed E-state index contributed by atoms with van der Waals surface area (Å²) >= 11 is 0. The minimum absolute atomic E-state index is 0. The van der Waals surface area contributed by atoms with Gasteiger partial charge in [-0.15, -0.1) is 29.3 Å². The van der Waals surface area contributed by atoms with Crippen LogP contribution in [0.15, 0.2) is 164 Å². The zero-order chi connectivity index (χ0) is 55.8. The topological polar surface area (TPSA) is 50.9 Å². The molecule has 0 unspecified atom stereocenters. The van der Waals surface area contributed by atoms with Crippen molar-refractivity contribution in [1.82, 2.24) is 14.5 Å². The van der Waals surface area contributed by atoms with Crippen LogP contribution in [0.1, 0.15) is 101 Å². The molecule has 0 aliphatic carbocycles. The van der Waals surface area contributed by atoms with Crippen molar-refractivity contribution in [2.45, 2.75) is 85.2 Å². The number of nitrogens with zero attached hydrogens (tertiary/aromatic N) is 3. The molecule has 2 aromatic heterocycles. The number of imidazole rings is 1. The Balaban J connectivity index is 0.00000803. The third-order valence-corrected chi connectivity index (χ3v) is 12.1. The summed E-state index contributed by atoms with van der Waals surface area (Å²) in [7, 11) is 0. The quantitative estimate of drug-likeness (QED) is 0.162. The Morgan fingerprint density at radius 3 is 1.82 bits per heavy atom. The Bertz CT molecular complexity index is 3620. The maximum Gasteiger partial charge on any atom is 0.148 e. The summed E-state index contributed by atoms with van der Waals surface area (Å²) in [5.41, 5.74) is 7.05. The van der Waals surface area contributed by atoms with E-state index in [0.717, 1.165) is 27.8 Å². The van der Waals surface area contributed by atoms with Crippen LogP contribution in [0.5, 0.6) is 5.75 Å². The average Bonchev–Trinajstić information content (AvgIpc) is 3.74. The first-order valence-electron chi connectivity index (χ1n) is 27.7. The average molecular weight is 1060 g/mol. The molecule has 66 heavy (non-hydrogen) atoms. The fraction of sp³-hybridized carbons (Fsp3) is 0.213. The van der Waals surface area contributed by atoms with Gasteiger partial charge in [-0.05, 0) is 104 Å². The van der Waals surface area contributed by atoms with Crippen LogP contribution in [0.4, 0.5) is 0 Å². The number of phenols is 1. The Kier molecular flexibility index (Phi) is 8.94. The van der Waals surface area contributed by atoms with E-state index in [1.165, 1.54) is 24.3 Å². The molecule has 0 saturated carbocycles. The SMILES string of the molecule is [2H]C([2H])([2H])c1cc(-n2c(-c3ccccc3O)nc3c(-c4[c-]c(-c5cc(-c6ccc(C(C([2H])([2H])[2H])(C([2H])([2H])[2H])C([2H])([2H])[2H])cc6)ccn5)cc(C(C)(C)C)c4)cccc32)c(-c2ccccc2)cc1-c1ccc(C(C)(C)C)cc1.[Pt]. The molecule has 5 heteroatoms. The van der Waals surface area contributed by atoms with Crippen LogP contribution < -0.4 is 0 Å². The van der Waals surface area contributed by atoms with Gasteiger partial charge in [-0.1, -0.05) is 182 Å². The van der Waals surface area contributed by atoms with E-state index >= 15 is 0 Å². The summed E-state index contributed by atoms with van der Waals surface area (Å²) < 4.78 is 103. The molecular formula is C61H58N3OPt-. The number of aromatic hydroxyl groups is 1. The zero-order valence-electron chi connectivity index (χ0n) is 49.7. The Hall–Kier alpha value is -6.35. The van der Waals surface area contributed by atoms with Gasteiger partial charge < -0.3 is 5.11 Å². The summed E-state index contributed by atoms with van der Waals surface area (Å²) in [6.07, 6.45) is 1.62. The monoisotopic (exact) mass is 1060 g/mol. The normalized spacial score (nSPS) is 15.5. The number of hydrogen-bond donors (Lipinski definition) is 1. The minimum atomic E-state index is -3.40. The summed E-state index contributed by atoms with van der Waals surface area (Å²) in [6.45, 7) is -0.0274. The van der Waals surface area contributed by atoms with E-state index in [9.17, 15) is 5.11 Å². The first-order chi connectivity index (χ1) is 35.9. The van der Waals surface area contributed by atoms with Gasteiger partial charge in [0.1, 0.15) is 11.6 Å². The molecule has 0 atom stereocenters. The number of para-hydroxylation sites is 2. The Morgan fingerprint density at radius 1 is 0.530 bits per heavy atom. The van der Waals surface area contributed by atoms with Crippen LogP contribution in [-0.4, -0.2) is 19.6 Å². The van der Waals surface area contributed by atoms with Gasteiger partial charge in [0.15, 0.2) is 0 Å². The van der Waals surface area contributed by atoms with Crippen molar-refractivity contribution in [3.05, 3.63) is 192 Å². The summed E-state index contributed by atoms with van der Waals surface area (Å²) in [5, 5.41) is 11.6. The number of pyridine rings is 1. The second-order valence-electron chi connectivity index (χ2n) is 18.8. The van der Waals surface area contributed by atoms with E-state index < -0.39 is 32.8 Å². The molecule has 9 aromatic rings. The Labute approximate surface area is 422 Å². The predicted molar refractivity (Wildman–Crippen MR) is 273 cm³/mol. The smallest absolute Gasteiger partial charge is 0.148 e. The molecule has 0 aliphatic rings. The van der Waals surface area contributed by atoms with Crippen LogP contribution in [0.25, 0.3) is 83.9 Å². The van der Waals surface area contributed by atoms with E-state index in [4.69, 9.17) is 26.4 Å². The number of phenolic OH excluding ortho intramolecular Hbond substituents is 1. The zero-order valence-corrected chi connectivity index (χ0v) is 40.0. The minimum Gasteiger partial charge on any atom is -0.507 e. The van der Waals surface area contributed by atoms with Crippen LogP contribution in [-0.2, 0) is 37.3 Å². The van der Waals surface area contributed by atoms with Gasteiger partial charge in [-0.2, -0.15) is 0 Å². The van der Waals surface area contributed by atoms with Crippen molar-refractivity contribution in [2.75, 3.05) is 0 Å². The third kappa shape index (κ3) is 9.09. The van der Waals surface area contributed by atoms with Crippen LogP contribution in [0.3, 0.4) is 0 Å². The number of aryl methyl sites for hydroxylation is 1. The molecule has 9 rings (SSSR count). The fourth-order valence-electron chi connectivity index (χ4n) is 8.37. The molecule has 0 spiro atoms. The van der Waals surface area contributed by atoms with Gasteiger partial charge >= 0.3 is 0 Å².